The summed E-state index contributed by atoms with van der Waals surface area (Å²) in [7, 11) is 0. The number of hydrogen-bond acceptors (Lipinski definition) is 8. The van der Waals surface area contributed by atoms with Crippen LogP contribution in [0.4, 0.5) is 5.82 Å². The molecule has 9 nitrogen and oxygen atoms in total. The maximum atomic E-state index is 11.9. The first-order valence-electron chi connectivity index (χ1n) is 10.1. The molecule has 160 valence electrons. The number of ether oxygens (including phenoxy) is 2. The lowest BCUT2D eigenvalue weighted by molar-refractivity contribution is -0.150. The third kappa shape index (κ3) is 5.55. The van der Waals surface area contributed by atoms with Crippen molar-refractivity contribution in [2.75, 3.05) is 12.3 Å². The number of carbonyl (C=O) groups is 1. The second-order valence-corrected chi connectivity index (χ2v) is 7.67. The second kappa shape index (κ2) is 10.2. The van der Waals surface area contributed by atoms with Crippen molar-refractivity contribution in [1.29, 1.82) is 0 Å². The Labute approximate surface area is 174 Å². The molecular weight excluding hydrogens is 398 g/mol. The Kier molecular flexibility index (Phi) is 7.63. The van der Waals surface area contributed by atoms with Crippen LogP contribution < -0.4 is 5.73 Å². The second-order valence-electron chi connectivity index (χ2n) is 7.33. The van der Waals surface area contributed by atoms with Crippen molar-refractivity contribution in [2.24, 2.45) is 0 Å². The highest BCUT2D eigenvalue weighted by atomic mass is 35.5. The molecule has 0 aromatic carbocycles. The lowest BCUT2D eigenvalue weighted by atomic mass is 10.1. The van der Waals surface area contributed by atoms with Gasteiger partial charge in [-0.1, -0.05) is 39.0 Å². The van der Waals surface area contributed by atoms with E-state index < -0.39 is 18.4 Å². The van der Waals surface area contributed by atoms with Crippen molar-refractivity contribution in [3.63, 3.8) is 0 Å². The highest BCUT2D eigenvalue weighted by molar-refractivity contribution is 6.28. The van der Waals surface area contributed by atoms with Crippen LogP contribution in [-0.2, 0) is 14.3 Å². The van der Waals surface area contributed by atoms with Crippen LogP contribution in [0.5, 0.6) is 0 Å². The fraction of sp³-hybridized carbons (Fsp3) is 0.684. The summed E-state index contributed by atoms with van der Waals surface area (Å²) in [5, 5.41) is 10.3. The number of fused-ring (bicyclic) bond motifs is 1. The number of nitrogens with two attached hydrogens (primary N) is 1. The molecule has 3 rings (SSSR count). The van der Waals surface area contributed by atoms with Gasteiger partial charge in [0.2, 0.25) is 5.28 Å². The van der Waals surface area contributed by atoms with Crippen LogP contribution in [0.3, 0.4) is 0 Å². The van der Waals surface area contributed by atoms with Gasteiger partial charge in [-0.2, -0.15) is 9.97 Å². The van der Waals surface area contributed by atoms with Gasteiger partial charge >= 0.3 is 5.97 Å². The summed E-state index contributed by atoms with van der Waals surface area (Å²) in [6.07, 6.45) is 6.97. The predicted octanol–water partition coefficient (Wildman–Crippen LogP) is 3.00. The quantitative estimate of drug-likeness (QED) is 0.338. The molecule has 3 heterocycles. The van der Waals surface area contributed by atoms with Gasteiger partial charge in [0.25, 0.3) is 0 Å². The Morgan fingerprint density at radius 2 is 2.10 bits per heavy atom. The molecule has 29 heavy (non-hydrogen) atoms. The van der Waals surface area contributed by atoms with Gasteiger partial charge in [-0.15, -0.1) is 0 Å². The SMILES string of the molecule is CCCCCCCCC(=O)OC[C@H]1O[C@@H](n2cnc3c(N)nc(Cl)nc32)C[C@@H]1O. The third-order valence-corrected chi connectivity index (χ3v) is 5.25. The number of aliphatic hydroxyl groups excluding tert-OH is 1. The van der Waals surface area contributed by atoms with Gasteiger partial charge in [-0.3, -0.25) is 9.36 Å². The zero-order valence-corrected chi connectivity index (χ0v) is 17.3. The number of unbranched alkanes of at least 4 members (excludes halogenated alkanes) is 5. The highest BCUT2D eigenvalue weighted by Gasteiger charge is 2.36. The van der Waals surface area contributed by atoms with Crippen molar-refractivity contribution in [2.45, 2.75) is 76.7 Å². The number of anilines is 1. The maximum Gasteiger partial charge on any atom is 0.305 e. The molecule has 0 aliphatic carbocycles. The minimum atomic E-state index is -0.769. The average Bonchev–Trinajstić information content (AvgIpc) is 3.26. The molecular formula is C19H28ClN5O4. The van der Waals surface area contributed by atoms with Crippen LogP contribution in [0, 0.1) is 0 Å². The zero-order valence-electron chi connectivity index (χ0n) is 16.6. The first-order chi connectivity index (χ1) is 14.0. The van der Waals surface area contributed by atoms with Crippen molar-refractivity contribution in [3.05, 3.63) is 11.6 Å². The van der Waals surface area contributed by atoms with Gasteiger partial charge in [-0.05, 0) is 18.0 Å². The summed E-state index contributed by atoms with van der Waals surface area (Å²) < 4.78 is 12.8. The molecule has 2 aromatic rings. The van der Waals surface area contributed by atoms with E-state index in [1.54, 1.807) is 4.57 Å². The van der Waals surface area contributed by atoms with E-state index in [0.717, 1.165) is 19.3 Å². The van der Waals surface area contributed by atoms with E-state index >= 15 is 0 Å². The molecule has 3 N–H and O–H groups in total. The number of esters is 1. The third-order valence-electron chi connectivity index (χ3n) is 5.08. The number of imidazole rings is 1. The molecule has 0 bridgehead atoms. The number of aliphatic hydroxyl groups is 1. The first-order valence-corrected chi connectivity index (χ1v) is 10.5. The Morgan fingerprint density at radius 1 is 1.34 bits per heavy atom. The number of aromatic nitrogens is 4. The largest absolute Gasteiger partial charge is 0.463 e. The van der Waals surface area contributed by atoms with Crippen LogP contribution in [-0.4, -0.2) is 49.4 Å². The Bertz CT molecular complexity index is 830. The number of hydrogen-bond donors (Lipinski definition) is 2. The van der Waals surface area contributed by atoms with Gasteiger partial charge in [0.05, 0.1) is 12.4 Å². The summed E-state index contributed by atoms with van der Waals surface area (Å²) in [5.41, 5.74) is 6.67. The fourth-order valence-corrected chi connectivity index (χ4v) is 3.63. The van der Waals surface area contributed by atoms with Crippen molar-refractivity contribution >= 4 is 34.6 Å². The first kappa shape index (κ1) is 21.7. The van der Waals surface area contributed by atoms with E-state index in [0.29, 0.717) is 24.0 Å². The van der Waals surface area contributed by atoms with E-state index in [9.17, 15) is 9.90 Å². The molecule has 0 spiro atoms. The van der Waals surface area contributed by atoms with E-state index in [2.05, 4.69) is 21.9 Å². The average molecular weight is 426 g/mol. The number of nitrogen functional groups attached to an aromatic ring is 1. The summed E-state index contributed by atoms with van der Waals surface area (Å²) >= 11 is 5.89. The number of carbonyl (C=O) groups excluding carboxylic acids is 1. The van der Waals surface area contributed by atoms with Crippen molar-refractivity contribution < 1.29 is 19.4 Å². The molecule has 2 aromatic heterocycles. The number of halogens is 1. The lowest BCUT2D eigenvalue weighted by Gasteiger charge is -2.16. The van der Waals surface area contributed by atoms with E-state index in [1.165, 1.54) is 25.6 Å². The molecule has 10 heteroatoms. The molecule has 1 aliphatic heterocycles. The highest BCUT2D eigenvalue weighted by Crippen LogP contribution is 2.32. The van der Waals surface area contributed by atoms with Crippen LogP contribution >= 0.6 is 11.6 Å². The van der Waals surface area contributed by atoms with Crippen LogP contribution in [0.25, 0.3) is 11.2 Å². The lowest BCUT2D eigenvalue weighted by Crippen LogP contribution is -2.27. The monoisotopic (exact) mass is 425 g/mol. The summed E-state index contributed by atoms with van der Waals surface area (Å²) in [5.74, 6) is -0.0856. The zero-order chi connectivity index (χ0) is 20.8. The smallest absolute Gasteiger partial charge is 0.305 e. The Balaban J connectivity index is 1.48. The molecule has 0 radical (unpaired) electrons. The van der Waals surface area contributed by atoms with Crippen molar-refractivity contribution in [1.82, 2.24) is 19.5 Å². The minimum Gasteiger partial charge on any atom is -0.463 e. The van der Waals surface area contributed by atoms with Crippen LogP contribution in [0.15, 0.2) is 6.33 Å². The molecule has 3 atom stereocenters. The number of nitrogens with zero attached hydrogens (tertiary/aromatic N) is 4. The fourth-order valence-electron chi connectivity index (χ4n) is 3.45. The van der Waals surface area contributed by atoms with E-state index in [4.69, 9.17) is 26.8 Å². The van der Waals surface area contributed by atoms with Crippen molar-refractivity contribution in [3.8, 4) is 0 Å². The predicted molar refractivity (Wildman–Crippen MR) is 108 cm³/mol. The molecule has 1 saturated heterocycles. The van der Waals surface area contributed by atoms with E-state index in [1.807, 2.05) is 0 Å². The Morgan fingerprint density at radius 3 is 2.90 bits per heavy atom. The van der Waals surface area contributed by atoms with Gasteiger partial charge in [0.15, 0.2) is 11.5 Å². The van der Waals surface area contributed by atoms with Gasteiger partial charge < -0.3 is 20.3 Å². The number of rotatable bonds is 10. The molecule has 1 fully saturated rings. The molecule has 0 amide bonds. The Hall–Kier alpha value is -1.97. The molecule has 0 saturated carbocycles. The summed E-state index contributed by atoms with van der Waals surface area (Å²) in [6, 6.07) is 0. The van der Waals surface area contributed by atoms with Gasteiger partial charge in [0, 0.05) is 12.8 Å². The topological polar surface area (TPSA) is 125 Å². The summed E-state index contributed by atoms with van der Waals surface area (Å²) in [6.45, 7) is 2.19. The van der Waals surface area contributed by atoms with Crippen LogP contribution in [0.2, 0.25) is 5.28 Å². The molecule has 0 unspecified atom stereocenters. The van der Waals surface area contributed by atoms with Gasteiger partial charge in [0.1, 0.15) is 24.5 Å². The summed E-state index contributed by atoms with van der Waals surface area (Å²) in [4.78, 5) is 24.2. The normalized spacial score (nSPS) is 21.7. The van der Waals surface area contributed by atoms with Crippen LogP contribution in [0.1, 0.15) is 64.5 Å². The maximum absolute atomic E-state index is 11.9. The molecule has 1 aliphatic rings. The standard InChI is InChI=1S/C19H28ClN5O4/c1-2-3-4-5-6-7-8-15(27)28-10-13-12(26)9-14(29-13)25-11-22-16-17(21)23-19(20)24-18(16)25/h11-14,26H,2-10H2,1H3,(H2,21,23,24)/t12-,13+,14+/m0/s1. The van der Waals surface area contributed by atoms with Gasteiger partial charge in [-0.25, -0.2) is 4.98 Å². The van der Waals surface area contributed by atoms with E-state index in [-0.39, 0.29) is 23.7 Å². The minimum absolute atomic E-state index is 0.00969.